The second-order valence-electron chi connectivity index (χ2n) is 6.20. The van der Waals surface area contributed by atoms with Gasteiger partial charge in [-0.1, -0.05) is 6.07 Å². The van der Waals surface area contributed by atoms with Gasteiger partial charge in [0.25, 0.3) is 5.56 Å². The van der Waals surface area contributed by atoms with Gasteiger partial charge in [0.1, 0.15) is 18.0 Å². The number of benzene rings is 2. The molecule has 1 heterocycles. The highest BCUT2D eigenvalue weighted by Crippen LogP contribution is 2.26. The van der Waals surface area contributed by atoms with E-state index in [9.17, 15) is 19.8 Å². The van der Waals surface area contributed by atoms with Crippen LogP contribution in [0.1, 0.15) is 11.3 Å². The zero-order valence-corrected chi connectivity index (χ0v) is 15.5. The first kappa shape index (κ1) is 19.2. The van der Waals surface area contributed by atoms with E-state index in [1.54, 1.807) is 30.3 Å². The maximum absolute atomic E-state index is 12.8. The van der Waals surface area contributed by atoms with Gasteiger partial charge in [-0.25, -0.2) is 4.98 Å². The van der Waals surface area contributed by atoms with Crippen LogP contribution in [-0.4, -0.2) is 40.0 Å². The molecule has 0 fully saturated rings. The maximum Gasteiger partial charge on any atom is 0.323 e. The number of carboxylic acid groups (broad SMARTS) is 1. The molecule has 1 aromatic heterocycles. The molecule has 0 aliphatic heterocycles. The Bertz CT molecular complexity index is 1090. The number of aromatic hydroxyl groups is 1. The number of aryl methyl sites for hydroxylation is 2. The number of carbonyl (C=O) groups is 1. The Morgan fingerprint density at radius 3 is 2.57 bits per heavy atom. The average Bonchev–Trinajstić information content (AvgIpc) is 2.69. The molecule has 0 bridgehead atoms. The summed E-state index contributed by atoms with van der Waals surface area (Å²) in [4.78, 5) is 28.5. The molecule has 0 aliphatic rings. The van der Waals surface area contributed by atoms with Crippen molar-refractivity contribution in [2.24, 2.45) is 0 Å². The van der Waals surface area contributed by atoms with E-state index in [1.165, 1.54) is 24.9 Å². The summed E-state index contributed by atoms with van der Waals surface area (Å²) in [5.74, 6) is -0.226. The van der Waals surface area contributed by atoms with E-state index in [0.29, 0.717) is 35.4 Å². The van der Waals surface area contributed by atoms with Crippen molar-refractivity contribution >= 4 is 17.0 Å². The van der Waals surface area contributed by atoms with Gasteiger partial charge in [0.05, 0.1) is 25.3 Å². The van der Waals surface area contributed by atoms with Crippen LogP contribution < -0.4 is 15.0 Å². The molecule has 0 saturated carbocycles. The van der Waals surface area contributed by atoms with E-state index in [2.05, 4.69) is 4.98 Å². The zero-order valence-electron chi connectivity index (χ0n) is 15.5. The van der Waals surface area contributed by atoms with Crippen LogP contribution in [0.15, 0.2) is 41.2 Å². The van der Waals surface area contributed by atoms with Crippen LogP contribution in [0.25, 0.3) is 11.0 Å². The quantitative estimate of drug-likeness (QED) is 0.641. The molecule has 0 spiro atoms. The van der Waals surface area contributed by atoms with E-state index in [4.69, 9.17) is 9.47 Å². The van der Waals surface area contributed by atoms with Crippen molar-refractivity contribution in [2.45, 2.75) is 19.4 Å². The number of aliphatic carboxylic acids is 1. The average molecular weight is 384 g/mol. The Morgan fingerprint density at radius 2 is 1.89 bits per heavy atom. The molecule has 0 amide bonds. The Morgan fingerprint density at radius 1 is 1.11 bits per heavy atom. The van der Waals surface area contributed by atoms with Gasteiger partial charge in [0.15, 0.2) is 11.5 Å². The second kappa shape index (κ2) is 7.99. The molecule has 8 heteroatoms. The van der Waals surface area contributed by atoms with E-state index in [-0.39, 0.29) is 11.4 Å². The van der Waals surface area contributed by atoms with Crippen LogP contribution in [0.2, 0.25) is 0 Å². The van der Waals surface area contributed by atoms with Gasteiger partial charge in [-0.15, -0.1) is 0 Å². The fourth-order valence-electron chi connectivity index (χ4n) is 2.99. The topological polar surface area (TPSA) is 111 Å². The lowest BCUT2D eigenvalue weighted by Gasteiger charge is -2.12. The first-order chi connectivity index (χ1) is 13.4. The first-order valence-electron chi connectivity index (χ1n) is 8.58. The predicted molar refractivity (Wildman–Crippen MR) is 102 cm³/mol. The molecule has 0 unspecified atom stereocenters. The summed E-state index contributed by atoms with van der Waals surface area (Å²) in [6.07, 6.45) is 0.794. The van der Waals surface area contributed by atoms with Gasteiger partial charge in [-0.2, -0.15) is 0 Å². The minimum atomic E-state index is -1.12. The third-order valence-electron chi connectivity index (χ3n) is 4.41. The molecule has 3 rings (SSSR count). The van der Waals surface area contributed by atoms with Crippen molar-refractivity contribution in [1.29, 1.82) is 0 Å². The third kappa shape index (κ3) is 3.90. The highest BCUT2D eigenvalue weighted by atomic mass is 16.5. The number of phenolic OH excluding ortho intramolecular Hbond substituents is 1. The molecule has 146 valence electrons. The van der Waals surface area contributed by atoms with Gasteiger partial charge in [0.2, 0.25) is 0 Å². The summed E-state index contributed by atoms with van der Waals surface area (Å²) in [7, 11) is 2.96. The number of nitrogens with zero attached hydrogens (tertiary/aromatic N) is 2. The summed E-state index contributed by atoms with van der Waals surface area (Å²) in [5, 5.41) is 18.9. The fourth-order valence-corrected chi connectivity index (χ4v) is 2.99. The van der Waals surface area contributed by atoms with Gasteiger partial charge >= 0.3 is 5.97 Å². The third-order valence-corrected chi connectivity index (χ3v) is 4.41. The molecular weight excluding hydrogens is 364 g/mol. The fraction of sp³-hybridized carbons (Fsp3) is 0.250. The molecule has 0 aliphatic carbocycles. The van der Waals surface area contributed by atoms with Crippen LogP contribution in [0.3, 0.4) is 0 Å². The summed E-state index contributed by atoms with van der Waals surface area (Å²) in [6, 6.07) is 9.95. The van der Waals surface area contributed by atoms with Gasteiger partial charge in [0, 0.05) is 6.07 Å². The van der Waals surface area contributed by atoms with Gasteiger partial charge in [-0.3, -0.25) is 14.2 Å². The number of rotatable bonds is 7. The Hall–Kier alpha value is -3.55. The molecule has 0 atom stereocenters. The number of carboxylic acids is 1. The highest BCUT2D eigenvalue weighted by Gasteiger charge is 2.14. The van der Waals surface area contributed by atoms with E-state index in [1.807, 2.05) is 0 Å². The number of methoxy groups -OCH3 is 2. The second-order valence-corrected chi connectivity index (χ2v) is 6.20. The lowest BCUT2D eigenvalue weighted by molar-refractivity contribution is -0.137. The molecule has 2 N–H and O–H groups in total. The van der Waals surface area contributed by atoms with Crippen molar-refractivity contribution in [2.75, 3.05) is 14.2 Å². The normalized spacial score (nSPS) is 10.8. The predicted octanol–water partition coefficient (Wildman–Crippen LogP) is 1.99. The van der Waals surface area contributed by atoms with Crippen LogP contribution in [0.5, 0.6) is 17.2 Å². The van der Waals surface area contributed by atoms with Crippen molar-refractivity contribution in [3.8, 4) is 17.2 Å². The largest absolute Gasteiger partial charge is 0.504 e. The number of phenols is 1. The monoisotopic (exact) mass is 384 g/mol. The lowest BCUT2D eigenvalue weighted by atomic mass is 10.1. The van der Waals surface area contributed by atoms with Crippen molar-refractivity contribution in [1.82, 2.24) is 9.55 Å². The number of fused-ring (bicyclic) bond motifs is 1. The molecule has 3 aromatic rings. The first-order valence-corrected chi connectivity index (χ1v) is 8.58. The lowest BCUT2D eigenvalue weighted by Crippen LogP contribution is -2.29. The number of aromatic nitrogens is 2. The molecule has 8 nitrogen and oxygen atoms in total. The SMILES string of the molecule is COc1ccc2nc(CCc3ccc(O)c(OC)c3)c(=O)n(CC(=O)O)c2c1. The number of hydrogen-bond donors (Lipinski definition) is 2. The van der Waals surface area contributed by atoms with Crippen molar-refractivity contribution < 1.29 is 24.5 Å². The Balaban J connectivity index is 2.00. The van der Waals surface area contributed by atoms with E-state index < -0.39 is 18.1 Å². The summed E-state index contributed by atoms with van der Waals surface area (Å²) >= 11 is 0. The minimum absolute atomic E-state index is 0.0350. The van der Waals surface area contributed by atoms with E-state index >= 15 is 0 Å². The zero-order chi connectivity index (χ0) is 20.3. The smallest absolute Gasteiger partial charge is 0.323 e. The van der Waals surface area contributed by atoms with Gasteiger partial charge < -0.3 is 19.7 Å². The molecule has 0 radical (unpaired) electrons. The molecule has 28 heavy (non-hydrogen) atoms. The standard InChI is InChI=1S/C20H20N2O6/c1-27-13-5-7-14-16(10-13)22(11-19(24)25)20(26)15(21-14)6-3-12-4-8-17(23)18(9-12)28-2/h4-5,7-10,23H,3,6,11H2,1-2H3,(H,24,25). The minimum Gasteiger partial charge on any atom is -0.504 e. The van der Waals surface area contributed by atoms with Crippen LogP contribution >= 0.6 is 0 Å². The maximum atomic E-state index is 12.8. The Labute approximate surface area is 160 Å². The number of hydrogen-bond acceptors (Lipinski definition) is 6. The van der Waals surface area contributed by atoms with E-state index in [0.717, 1.165) is 5.56 Å². The molecule has 0 saturated heterocycles. The van der Waals surface area contributed by atoms with Crippen LogP contribution in [0.4, 0.5) is 0 Å². The van der Waals surface area contributed by atoms with Crippen LogP contribution in [0, 0.1) is 0 Å². The summed E-state index contributed by atoms with van der Waals surface area (Å²) in [5.41, 5.74) is 1.59. The highest BCUT2D eigenvalue weighted by molar-refractivity contribution is 5.78. The van der Waals surface area contributed by atoms with Crippen LogP contribution in [-0.2, 0) is 24.2 Å². The summed E-state index contributed by atoms with van der Waals surface area (Å²) in [6.45, 7) is -0.467. The Kier molecular flexibility index (Phi) is 5.49. The number of ether oxygens (including phenoxy) is 2. The van der Waals surface area contributed by atoms with Gasteiger partial charge in [-0.05, 0) is 42.7 Å². The summed E-state index contributed by atoms with van der Waals surface area (Å²) < 4.78 is 11.5. The molecule has 2 aromatic carbocycles. The van der Waals surface area contributed by atoms with Crippen molar-refractivity contribution in [3.05, 3.63) is 58.0 Å². The van der Waals surface area contributed by atoms with Crippen molar-refractivity contribution in [3.63, 3.8) is 0 Å². The molecular formula is C20H20N2O6.